The molecule has 3 aliphatic rings. The number of rotatable bonds is 3. The van der Waals surface area contributed by atoms with E-state index >= 15 is 0 Å². The maximum Gasteiger partial charge on any atom is 0.324 e. The predicted octanol–water partition coefficient (Wildman–Crippen LogP) is 1.37. The molecule has 0 saturated carbocycles. The average molecular weight is 401 g/mol. The molecule has 142 valence electrons. The summed E-state index contributed by atoms with van der Waals surface area (Å²) in [6.07, 6.45) is 0.110. The zero-order valence-electron chi connectivity index (χ0n) is 14.1. The van der Waals surface area contributed by atoms with Crippen LogP contribution in [0.3, 0.4) is 0 Å². The summed E-state index contributed by atoms with van der Waals surface area (Å²) in [5.74, 6) is 1.05. The number of hydrogen-bond donors (Lipinski definition) is 2. The van der Waals surface area contributed by atoms with Crippen LogP contribution in [-0.4, -0.2) is 59.7 Å². The van der Waals surface area contributed by atoms with E-state index in [1.807, 2.05) is 30.3 Å². The van der Waals surface area contributed by atoms with Crippen molar-refractivity contribution < 1.29 is 14.4 Å². The van der Waals surface area contributed by atoms with E-state index in [1.165, 1.54) is 0 Å². The van der Waals surface area contributed by atoms with Crippen molar-refractivity contribution in [1.29, 1.82) is 0 Å². The lowest BCUT2D eigenvalue weighted by Gasteiger charge is -2.33. The molecule has 1 aromatic heterocycles. The topological polar surface area (TPSA) is 83.7 Å². The quantitative estimate of drug-likeness (QED) is 0.804. The van der Waals surface area contributed by atoms with Crippen LogP contribution >= 0.6 is 24.8 Å². The summed E-state index contributed by atoms with van der Waals surface area (Å²) in [6.45, 7) is 3.28. The number of aliphatic hydroxyl groups is 1. The van der Waals surface area contributed by atoms with Gasteiger partial charge < -0.3 is 24.6 Å². The second-order valence-corrected chi connectivity index (χ2v) is 6.95. The Hall–Kier alpha value is -1.38. The van der Waals surface area contributed by atoms with Gasteiger partial charge in [-0.2, -0.15) is 4.98 Å². The highest BCUT2D eigenvalue weighted by molar-refractivity contribution is 5.85. The third-order valence-corrected chi connectivity index (χ3v) is 5.63. The number of anilines is 1. The minimum Gasteiger partial charge on any atom is -0.396 e. The Morgan fingerprint density at radius 2 is 2.08 bits per heavy atom. The van der Waals surface area contributed by atoms with Gasteiger partial charge >= 0.3 is 6.01 Å². The van der Waals surface area contributed by atoms with Crippen LogP contribution < -0.4 is 10.2 Å². The van der Waals surface area contributed by atoms with E-state index in [4.69, 9.17) is 9.26 Å². The molecule has 2 bridgehead atoms. The number of fused-ring (bicyclic) bond motifs is 1. The molecule has 3 aliphatic heterocycles. The normalized spacial score (nSPS) is 31.9. The molecule has 0 radical (unpaired) electrons. The molecule has 0 amide bonds. The molecular formula is C17H22Cl2N4O3. The summed E-state index contributed by atoms with van der Waals surface area (Å²) in [7, 11) is 0. The van der Waals surface area contributed by atoms with Crippen LogP contribution in [0.4, 0.5) is 6.01 Å². The zero-order chi connectivity index (χ0) is 16.1. The predicted molar refractivity (Wildman–Crippen MR) is 101 cm³/mol. The Bertz CT molecular complexity index is 747. The largest absolute Gasteiger partial charge is 0.396 e. The molecular weight excluding hydrogens is 379 g/mol. The third-order valence-electron chi connectivity index (χ3n) is 5.63. The number of morpholine rings is 1. The van der Waals surface area contributed by atoms with Crippen LogP contribution in [0.5, 0.6) is 0 Å². The van der Waals surface area contributed by atoms with Crippen molar-refractivity contribution in [2.24, 2.45) is 11.8 Å². The van der Waals surface area contributed by atoms with Gasteiger partial charge in [-0.05, 0) is 0 Å². The highest BCUT2D eigenvalue weighted by Gasteiger charge is 2.61. The summed E-state index contributed by atoms with van der Waals surface area (Å²) in [4.78, 5) is 6.65. The van der Waals surface area contributed by atoms with Gasteiger partial charge in [0.2, 0.25) is 5.82 Å². The highest BCUT2D eigenvalue weighted by Crippen LogP contribution is 2.47. The van der Waals surface area contributed by atoms with Gasteiger partial charge in [0.25, 0.3) is 0 Å². The van der Waals surface area contributed by atoms with Gasteiger partial charge in [0.15, 0.2) is 0 Å². The molecule has 1 aromatic carbocycles. The first-order valence-corrected chi connectivity index (χ1v) is 8.42. The van der Waals surface area contributed by atoms with E-state index < -0.39 is 0 Å². The Morgan fingerprint density at radius 3 is 2.85 bits per heavy atom. The van der Waals surface area contributed by atoms with Crippen molar-refractivity contribution >= 4 is 30.8 Å². The average Bonchev–Trinajstić information content (AvgIpc) is 3.27. The van der Waals surface area contributed by atoms with Crippen molar-refractivity contribution in [3.8, 4) is 11.4 Å². The number of ether oxygens (including phenoxy) is 1. The van der Waals surface area contributed by atoms with Crippen LogP contribution in [0.15, 0.2) is 34.9 Å². The van der Waals surface area contributed by atoms with E-state index in [-0.39, 0.29) is 55.0 Å². The SMILES string of the molecule is Cl.Cl.OC[C@H]1[C@H]2CN(c3nc(-c4ccccc4)no3)C[C@]23CNC[C@H]1O3. The van der Waals surface area contributed by atoms with Gasteiger partial charge in [-0.15, -0.1) is 24.8 Å². The fourth-order valence-electron chi connectivity index (χ4n) is 4.49. The van der Waals surface area contributed by atoms with Crippen LogP contribution in [0.25, 0.3) is 11.4 Å². The smallest absolute Gasteiger partial charge is 0.324 e. The monoisotopic (exact) mass is 400 g/mol. The van der Waals surface area contributed by atoms with Crippen molar-refractivity contribution in [3.63, 3.8) is 0 Å². The first-order valence-electron chi connectivity index (χ1n) is 8.42. The molecule has 4 heterocycles. The lowest BCUT2D eigenvalue weighted by molar-refractivity contribution is -0.0655. The van der Waals surface area contributed by atoms with Gasteiger partial charge in [0.05, 0.1) is 12.6 Å². The summed E-state index contributed by atoms with van der Waals surface area (Å²) < 4.78 is 11.8. The third kappa shape index (κ3) is 2.88. The fraction of sp³-hybridized carbons (Fsp3) is 0.529. The second-order valence-electron chi connectivity index (χ2n) is 6.95. The standard InChI is InChI=1S/C17H20N4O3.2ClH/c22-8-12-13-7-21(10-17(13)9-18-6-14(12)23-17)16-19-15(20-24-16)11-4-2-1-3-5-11;;/h1-5,12-14,18,22H,6-10H2;2*1H/t12-,13+,14+,17+;;/m0../s1. The lowest BCUT2D eigenvalue weighted by atomic mass is 9.83. The lowest BCUT2D eigenvalue weighted by Crippen LogP contribution is -2.52. The molecule has 5 rings (SSSR count). The van der Waals surface area contributed by atoms with Gasteiger partial charge in [-0.1, -0.05) is 35.5 Å². The Labute approximate surface area is 163 Å². The molecule has 7 nitrogen and oxygen atoms in total. The molecule has 9 heteroatoms. The molecule has 4 atom stereocenters. The summed E-state index contributed by atoms with van der Waals surface area (Å²) in [5.41, 5.74) is 0.687. The Balaban J connectivity index is 0.000000980. The van der Waals surface area contributed by atoms with Crippen molar-refractivity contribution in [3.05, 3.63) is 30.3 Å². The maximum absolute atomic E-state index is 9.79. The molecule has 0 aliphatic carbocycles. The first-order chi connectivity index (χ1) is 11.8. The van der Waals surface area contributed by atoms with Gasteiger partial charge in [0.1, 0.15) is 5.60 Å². The highest BCUT2D eigenvalue weighted by atomic mass is 35.5. The van der Waals surface area contributed by atoms with Crippen LogP contribution in [0, 0.1) is 11.8 Å². The van der Waals surface area contributed by atoms with E-state index in [0.717, 1.165) is 25.2 Å². The van der Waals surface area contributed by atoms with Crippen LogP contribution in [0.1, 0.15) is 0 Å². The van der Waals surface area contributed by atoms with Crippen LogP contribution in [0.2, 0.25) is 0 Å². The van der Waals surface area contributed by atoms with E-state index in [1.54, 1.807) is 0 Å². The number of aromatic nitrogens is 2. The van der Waals surface area contributed by atoms with Crippen molar-refractivity contribution in [2.75, 3.05) is 37.7 Å². The summed E-state index contributed by atoms with van der Waals surface area (Å²) in [6, 6.07) is 10.3. The minimum absolute atomic E-state index is 0. The van der Waals surface area contributed by atoms with E-state index in [2.05, 4.69) is 20.4 Å². The van der Waals surface area contributed by atoms with Crippen LogP contribution in [-0.2, 0) is 4.74 Å². The first kappa shape index (κ1) is 19.4. The van der Waals surface area contributed by atoms with Gasteiger partial charge in [-0.25, -0.2) is 0 Å². The number of halogens is 2. The molecule has 2 N–H and O–H groups in total. The summed E-state index contributed by atoms with van der Waals surface area (Å²) in [5, 5.41) is 17.3. The fourth-order valence-corrected chi connectivity index (χ4v) is 4.49. The number of aliphatic hydroxyl groups excluding tert-OH is 1. The number of benzene rings is 1. The van der Waals surface area contributed by atoms with Crippen molar-refractivity contribution in [1.82, 2.24) is 15.5 Å². The summed E-state index contributed by atoms with van der Waals surface area (Å²) >= 11 is 0. The molecule has 0 unspecified atom stereocenters. The van der Waals surface area contributed by atoms with E-state index in [0.29, 0.717) is 18.4 Å². The van der Waals surface area contributed by atoms with Gasteiger partial charge in [-0.3, -0.25) is 0 Å². The van der Waals surface area contributed by atoms with Crippen molar-refractivity contribution in [2.45, 2.75) is 11.7 Å². The Morgan fingerprint density at radius 1 is 1.27 bits per heavy atom. The minimum atomic E-state index is -0.252. The molecule has 2 aromatic rings. The maximum atomic E-state index is 9.79. The number of nitrogens with zero attached hydrogens (tertiary/aromatic N) is 3. The molecule has 1 spiro atoms. The molecule has 3 saturated heterocycles. The van der Waals surface area contributed by atoms with E-state index in [9.17, 15) is 5.11 Å². The molecule has 26 heavy (non-hydrogen) atoms. The van der Waals surface area contributed by atoms with Gasteiger partial charge in [0, 0.05) is 43.6 Å². The number of nitrogens with one attached hydrogen (secondary N) is 1. The zero-order valence-corrected chi connectivity index (χ0v) is 15.7. The molecule has 3 fully saturated rings. The Kier molecular flexibility index (Phi) is 5.46. The number of hydrogen-bond acceptors (Lipinski definition) is 7. The second kappa shape index (κ2) is 7.32.